The van der Waals surface area contributed by atoms with E-state index >= 15 is 0 Å². The van der Waals surface area contributed by atoms with Crippen molar-refractivity contribution < 1.29 is 14.3 Å². The van der Waals surface area contributed by atoms with Crippen LogP contribution in [0.25, 0.3) is 0 Å². The van der Waals surface area contributed by atoms with Crippen molar-refractivity contribution in [3.63, 3.8) is 0 Å². The van der Waals surface area contributed by atoms with Gasteiger partial charge in [0.2, 0.25) is 11.8 Å². The van der Waals surface area contributed by atoms with Crippen molar-refractivity contribution in [2.24, 2.45) is 11.7 Å². The van der Waals surface area contributed by atoms with E-state index in [2.05, 4.69) is 5.32 Å². The lowest BCUT2D eigenvalue weighted by atomic mass is 10.0. The summed E-state index contributed by atoms with van der Waals surface area (Å²) in [7, 11) is 0. The Morgan fingerprint density at radius 3 is 2.70 bits per heavy atom. The second-order valence-corrected chi connectivity index (χ2v) is 5.99. The highest BCUT2D eigenvalue weighted by atomic mass is 16.5. The first-order chi connectivity index (χ1) is 9.50. The Morgan fingerprint density at radius 2 is 2.10 bits per heavy atom. The molecule has 1 heterocycles. The van der Waals surface area contributed by atoms with Crippen LogP contribution >= 0.6 is 0 Å². The second-order valence-electron chi connectivity index (χ2n) is 5.99. The Morgan fingerprint density at radius 1 is 1.35 bits per heavy atom. The van der Waals surface area contributed by atoms with E-state index in [0.717, 1.165) is 19.3 Å². The predicted molar refractivity (Wildman–Crippen MR) is 74.9 cm³/mol. The Kier molecular flexibility index (Phi) is 4.99. The van der Waals surface area contributed by atoms with E-state index in [1.165, 1.54) is 0 Å². The van der Waals surface area contributed by atoms with Crippen LogP contribution in [0, 0.1) is 5.92 Å². The minimum atomic E-state index is -0.522. The summed E-state index contributed by atoms with van der Waals surface area (Å²) in [4.78, 5) is 26.5. The number of carbonyl (C=O) groups is 2. The van der Waals surface area contributed by atoms with Crippen molar-refractivity contribution >= 4 is 11.8 Å². The zero-order valence-electron chi connectivity index (χ0n) is 12.3. The number of hydrogen-bond donors (Lipinski definition) is 2. The van der Waals surface area contributed by atoms with Crippen molar-refractivity contribution in [3.8, 4) is 0 Å². The van der Waals surface area contributed by atoms with Gasteiger partial charge in [-0.25, -0.2) is 0 Å². The van der Waals surface area contributed by atoms with Gasteiger partial charge < -0.3 is 20.7 Å². The Labute approximate surface area is 120 Å². The molecule has 1 saturated carbocycles. The number of hydrogen-bond acceptors (Lipinski definition) is 4. The topological polar surface area (TPSA) is 84.7 Å². The molecule has 0 spiro atoms. The normalized spacial score (nSPS) is 30.6. The Bertz CT molecular complexity index is 373. The van der Waals surface area contributed by atoms with E-state index < -0.39 is 6.04 Å². The molecule has 0 radical (unpaired) electrons. The number of morpholine rings is 1. The summed E-state index contributed by atoms with van der Waals surface area (Å²) in [6, 6.07) is -0.541. The number of carbonyl (C=O) groups excluding carboxylic acids is 2. The van der Waals surface area contributed by atoms with Crippen LogP contribution in [-0.4, -0.2) is 54.6 Å². The van der Waals surface area contributed by atoms with Gasteiger partial charge in [0.1, 0.15) is 6.04 Å². The average molecular weight is 283 g/mol. The molecule has 1 saturated heterocycles. The number of amides is 2. The molecule has 6 heteroatoms. The summed E-state index contributed by atoms with van der Waals surface area (Å²) in [5.74, 6) is -0.260. The quantitative estimate of drug-likeness (QED) is 0.755. The molecule has 2 amide bonds. The standard InChI is InChI=1S/C14H25N3O3/c1-9(2)16-13(18)12-8-20-7-6-17(12)14(19)10-4-3-5-11(10)15/h9-12H,3-8,15H2,1-2H3,(H,16,18). The van der Waals surface area contributed by atoms with Crippen LogP contribution in [0.2, 0.25) is 0 Å². The smallest absolute Gasteiger partial charge is 0.245 e. The third-order valence-corrected chi connectivity index (χ3v) is 4.03. The van der Waals surface area contributed by atoms with Gasteiger partial charge in [-0.15, -0.1) is 0 Å². The van der Waals surface area contributed by atoms with Gasteiger partial charge >= 0.3 is 0 Å². The number of nitrogens with one attached hydrogen (secondary N) is 1. The summed E-state index contributed by atoms with van der Waals surface area (Å²) in [6.45, 7) is 5.03. The monoisotopic (exact) mass is 283 g/mol. The van der Waals surface area contributed by atoms with Gasteiger partial charge in [0, 0.05) is 18.6 Å². The van der Waals surface area contributed by atoms with E-state index in [0.29, 0.717) is 13.2 Å². The molecule has 0 bridgehead atoms. The maximum Gasteiger partial charge on any atom is 0.245 e. The molecule has 1 aliphatic heterocycles. The lowest BCUT2D eigenvalue weighted by molar-refractivity contribution is -0.152. The van der Waals surface area contributed by atoms with Crippen molar-refractivity contribution in [1.82, 2.24) is 10.2 Å². The summed E-state index contributed by atoms with van der Waals surface area (Å²) in [6.07, 6.45) is 2.71. The molecule has 3 atom stereocenters. The van der Waals surface area contributed by atoms with Crippen LogP contribution in [0.15, 0.2) is 0 Å². The van der Waals surface area contributed by atoms with Gasteiger partial charge in [-0.1, -0.05) is 6.42 Å². The van der Waals surface area contributed by atoms with E-state index in [1.54, 1.807) is 4.90 Å². The highest BCUT2D eigenvalue weighted by Crippen LogP contribution is 2.27. The average Bonchev–Trinajstić information content (AvgIpc) is 2.83. The second kappa shape index (κ2) is 6.54. The fraction of sp³-hybridized carbons (Fsp3) is 0.857. The van der Waals surface area contributed by atoms with Crippen LogP contribution in [-0.2, 0) is 14.3 Å². The van der Waals surface area contributed by atoms with Gasteiger partial charge in [-0.2, -0.15) is 0 Å². The molecule has 2 fully saturated rings. The van der Waals surface area contributed by atoms with E-state index in [4.69, 9.17) is 10.5 Å². The van der Waals surface area contributed by atoms with Crippen LogP contribution in [0.5, 0.6) is 0 Å². The van der Waals surface area contributed by atoms with E-state index in [-0.39, 0.29) is 36.4 Å². The number of nitrogens with zero attached hydrogens (tertiary/aromatic N) is 1. The third-order valence-electron chi connectivity index (χ3n) is 4.03. The largest absolute Gasteiger partial charge is 0.377 e. The molecule has 6 nitrogen and oxygen atoms in total. The predicted octanol–water partition coefficient (Wildman–Crippen LogP) is -0.134. The number of ether oxygens (including phenoxy) is 1. The lowest BCUT2D eigenvalue weighted by Gasteiger charge is -2.37. The third kappa shape index (κ3) is 3.30. The van der Waals surface area contributed by atoms with Crippen LogP contribution in [0.3, 0.4) is 0 Å². The van der Waals surface area contributed by atoms with Crippen LogP contribution < -0.4 is 11.1 Å². The number of rotatable bonds is 3. The fourth-order valence-corrected chi connectivity index (χ4v) is 2.97. The summed E-state index contributed by atoms with van der Waals surface area (Å²) >= 11 is 0. The lowest BCUT2D eigenvalue weighted by Crippen LogP contribution is -2.58. The summed E-state index contributed by atoms with van der Waals surface area (Å²) in [5.41, 5.74) is 6.01. The SMILES string of the molecule is CC(C)NC(=O)C1COCCN1C(=O)C1CCCC1N. The molecule has 0 aromatic heterocycles. The minimum absolute atomic E-state index is 0.0159. The van der Waals surface area contributed by atoms with Gasteiger partial charge in [0.05, 0.1) is 19.1 Å². The number of nitrogens with two attached hydrogens (primary N) is 1. The first-order valence-corrected chi connectivity index (χ1v) is 7.45. The van der Waals surface area contributed by atoms with Crippen molar-refractivity contribution in [2.45, 2.75) is 51.2 Å². The van der Waals surface area contributed by atoms with Crippen molar-refractivity contribution in [2.75, 3.05) is 19.8 Å². The zero-order valence-corrected chi connectivity index (χ0v) is 12.3. The molecule has 1 aliphatic carbocycles. The zero-order chi connectivity index (χ0) is 14.7. The van der Waals surface area contributed by atoms with Crippen LogP contribution in [0.4, 0.5) is 0 Å². The van der Waals surface area contributed by atoms with Gasteiger partial charge in [-0.05, 0) is 26.7 Å². The maximum absolute atomic E-state index is 12.6. The van der Waals surface area contributed by atoms with E-state index in [1.807, 2.05) is 13.8 Å². The fourth-order valence-electron chi connectivity index (χ4n) is 2.97. The maximum atomic E-state index is 12.6. The minimum Gasteiger partial charge on any atom is -0.377 e. The highest BCUT2D eigenvalue weighted by molar-refractivity contribution is 5.89. The highest BCUT2D eigenvalue weighted by Gasteiger charge is 2.39. The Balaban J connectivity index is 2.06. The molecule has 2 rings (SSSR count). The molecule has 114 valence electrons. The Hall–Kier alpha value is -1.14. The first kappa shape index (κ1) is 15.3. The molecule has 3 unspecified atom stereocenters. The van der Waals surface area contributed by atoms with Crippen LogP contribution in [0.1, 0.15) is 33.1 Å². The molecular formula is C14H25N3O3. The van der Waals surface area contributed by atoms with Gasteiger partial charge in [-0.3, -0.25) is 9.59 Å². The van der Waals surface area contributed by atoms with E-state index in [9.17, 15) is 9.59 Å². The van der Waals surface area contributed by atoms with Gasteiger partial charge in [0.15, 0.2) is 0 Å². The molecule has 20 heavy (non-hydrogen) atoms. The summed E-state index contributed by atoms with van der Waals surface area (Å²) < 4.78 is 5.37. The molecule has 2 aliphatic rings. The first-order valence-electron chi connectivity index (χ1n) is 7.45. The van der Waals surface area contributed by atoms with Crippen molar-refractivity contribution in [1.29, 1.82) is 0 Å². The molecule has 3 N–H and O–H groups in total. The molecule has 0 aromatic rings. The summed E-state index contributed by atoms with van der Waals surface area (Å²) in [5, 5.41) is 2.86. The van der Waals surface area contributed by atoms with Crippen molar-refractivity contribution in [3.05, 3.63) is 0 Å². The van der Waals surface area contributed by atoms with Gasteiger partial charge in [0.25, 0.3) is 0 Å². The molecule has 0 aromatic carbocycles. The molecular weight excluding hydrogens is 258 g/mol.